The Morgan fingerprint density at radius 3 is 2.66 bits per heavy atom. The molecule has 1 fully saturated rings. The summed E-state index contributed by atoms with van der Waals surface area (Å²) < 4.78 is 15.8. The minimum Gasteiger partial charge on any atom is -0.337 e. The van der Waals surface area contributed by atoms with Crippen LogP contribution in [-0.4, -0.2) is 78.0 Å². The number of hydrogen-bond acceptors (Lipinski definition) is 9. The Bertz CT molecular complexity index is 1160. The van der Waals surface area contributed by atoms with E-state index in [1.807, 2.05) is 10.3 Å². The van der Waals surface area contributed by atoms with Crippen molar-refractivity contribution in [3.8, 4) is 5.82 Å². The van der Waals surface area contributed by atoms with Gasteiger partial charge in [0.25, 0.3) is 0 Å². The fourth-order valence-electron chi connectivity index (χ4n) is 3.84. The van der Waals surface area contributed by atoms with Crippen LogP contribution in [0.4, 0.5) is 15.1 Å². The molecule has 3 aromatic rings. The lowest BCUT2D eigenvalue weighted by molar-refractivity contribution is 0.138. The number of urea groups is 1. The van der Waals surface area contributed by atoms with Crippen LogP contribution in [0.5, 0.6) is 0 Å². The molecule has 2 amide bonds. The number of hydrazone groups is 1. The largest absolute Gasteiger partial charge is 0.341 e. The first-order valence-corrected chi connectivity index (χ1v) is 11.1. The minimum absolute atomic E-state index is 0.0594. The fraction of sp³-hybridized carbons (Fsp3) is 0.421. The highest BCUT2D eigenvalue weighted by Crippen LogP contribution is 2.29. The van der Waals surface area contributed by atoms with E-state index >= 15 is 0 Å². The van der Waals surface area contributed by atoms with E-state index in [0.29, 0.717) is 50.2 Å². The summed E-state index contributed by atoms with van der Waals surface area (Å²) in [5, 5.41) is 11.9. The van der Waals surface area contributed by atoms with Gasteiger partial charge in [0.05, 0.1) is 17.4 Å². The summed E-state index contributed by atoms with van der Waals surface area (Å²) in [6.07, 6.45) is 3.55. The normalized spacial score (nSPS) is 18.6. The van der Waals surface area contributed by atoms with Gasteiger partial charge in [-0.25, -0.2) is 29.1 Å². The van der Waals surface area contributed by atoms with Gasteiger partial charge >= 0.3 is 6.03 Å². The van der Waals surface area contributed by atoms with E-state index in [-0.39, 0.29) is 17.9 Å². The van der Waals surface area contributed by atoms with Crippen LogP contribution < -0.4 is 4.90 Å². The van der Waals surface area contributed by atoms with Crippen LogP contribution in [0, 0.1) is 19.7 Å². The molecule has 5 heterocycles. The molecular formula is C19H21FN10OS. The summed E-state index contributed by atoms with van der Waals surface area (Å²) in [5.41, 5.74) is 2.61. The zero-order valence-corrected chi connectivity index (χ0v) is 18.4. The number of rotatable bonds is 3. The van der Waals surface area contributed by atoms with E-state index in [9.17, 15) is 9.18 Å². The summed E-state index contributed by atoms with van der Waals surface area (Å²) in [6, 6.07) is -0.310. The fourth-order valence-corrected chi connectivity index (χ4v) is 4.45. The molecule has 2 aliphatic rings. The second kappa shape index (κ2) is 8.22. The van der Waals surface area contributed by atoms with E-state index in [1.54, 1.807) is 30.5 Å². The molecule has 0 aliphatic carbocycles. The molecular weight excluding hydrogens is 435 g/mol. The summed E-state index contributed by atoms with van der Waals surface area (Å²) >= 11 is 1.50. The molecule has 0 N–H and O–H groups in total. The molecule has 0 radical (unpaired) electrons. The standard InChI is InChI=1S/C19H21FN10OS/c1-12-24-13(2)29(26-12)17-14(20)9-21-18(25-17)27-5-7-28(8-6-27)19(31)30-16(3-4-23-30)15-10-32-11-22-15/h4,9-11,16H,3,5-8H2,1-2H3. The molecule has 1 atom stereocenters. The van der Waals surface area contributed by atoms with Gasteiger partial charge in [-0.1, -0.05) is 0 Å². The van der Waals surface area contributed by atoms with Gasteiger partial charge in [-0.05, 0) is 13.8 Å². The minimum atomic E-state index is -0.574. The number of piperazine rings is 1. The third-order valence-electron chi connectivity index (χ3n) is 5.44. The first-order chi connectivity index (χ1) is 15.5. The lowest BCUT2D eigenvalue weighted by Gasteiger charge is -2.36. The first kappa shape index (κ1) is 20.4. The maximum absolute atomic E-state index is 14.4. The lowest BCUT2D eigenvalue weighted by atomic mass is 10.2. The Hall–Kier alpha value is -3.48. The average Bonchev–Trinajstić information content (AvgIpc) is 3.54. The van der Waals surface area contributed by atoms with E-state index in [4.69, 9.17) is 0 Å². The number of hydrogen-bond donors (Lipinski definition) is 0. The van der Waals surface area contributed by atoms with Gasteiger partial charge in [0, 0.05) is 44.2 Å². The summed E-state index contributed by atoms with van der Waals surface area (Å²) in [7, 11) is 0. The summed E-state index contributed by atoms with van der Waals surface area (Å²) in [4.78, 5) is 33.8. The van der Waals surface area contributed by atoms with E-state index < -0.39 is 5.82 Å². The van der Waals surface area contributed by atoms with Crippen molar-refractivity contribution in [1.29, 1.82) is 0 Å². The second-order valence-corrected chi connectivity index (χ2v) is 8.24. The predicted octanol–water partition coefficient (Wildman–Crippen LogP) is 1.94. The molecule has 0 spiro atoms. The molecule has 5 rings (SSSR count). The number of carbonyl (C=O) groups excluding carboxylic acids is 1. The van der Waals surface area contributed by atoms with Crippen molar-refractivity contribution in [2.45, 2.75) is 26.3 Å². The van der Waals surface area contributed by atoms with Crippen molar-refractivity contribution in [2.75, 3.05) is 31.1 Å². The van der Waals surface area contributed by atoms with Gasteiger partial charge in [0.1, 0.15) is 17.7 Å². The van der Waals surface area contributed by atoms with Gasteiger partial charge in [-0.3, -0.25) is 0 Å². The van der Waals surface area contributed by atoms with Gasteiger partial charge in [-0.15, -0.1) is 16.4 Å². The highest BCUT2D eigenvalue weighted by molar-refractivity contribution is 7.07. The third-order valence-corrected chi connectivity index (χ3v) is 6.04. The third kappa shape index (κ3) is 3.68. The number of amides is 2. The van der Waals surface area contributed by atoms with Gasteiger partial charge in [0.15, 0.2) is 11.6 Å². The van der Waals surface area contributed by atoms with Gasteiger partial charge < -0.3 is 9.80 Å². The highest BCUT2D eigenvalue weighted by atomic mass is 32.1. The van der Waals surface area contributed by atoms with Crippen LogP contribution in [0.2, 0.25) is 0 Å². The zero-order valence-electron chi connectivity index (χ0n) is 17.6. The summed E-state index contributed by atoms with van der Waals surface area (Å²) in [5.74, 6) is 0.956. The number of anilines is 1. The maximum Gasteiger partial charge on any atom is 0.341 e. The van der Waals surface area contributed by atoms with Crippen molar-refractivity contribution >= 4 is 29.5 Å². The van der Waals surface area contributed by atoms with Crippen LogP contribution in [0.1, 0.15) is 29.8 Å². The predicted molar refractivity (Wildman–Crippen MR) is 115 cm³/mol. The monoisotopic (exact) mass is 456 g/mol. The molecule has 0 saturated carbocycles. The van der Waals surface area contributed by atoms with Crippen LogP contribution in [0.25, 0.3) is 5.82 Å². The number of thiazole rings is 1. The quantitative estimate of drug-likeness (QED) is 0.593. The van der Waals surface area contributed by atoms with Crippen molar-refractivity contribution in [1.82, 2.24) is 39.6 Å². The van der Waals surface area contributed by atoms with Crippen LogP contribution >= 0.6 is 11.3 Å². The molecule has 0 aromatic carbocycles. The van der Waals surface area contributed by atoms with Crippen LogP contribution in [-0.2, 0) is 0 Å². The van der Waals surface area contributed by atoms with Crippen LogP contribution in [0.15, 0.2) is 22.2 Å². The maximum atomic E-state index is 14.4. The van der Waals surface area contributed by atoms with E-state index in [2.05, 4.69) is 30.1 Å². The molecule has 166 valence electrons. The number of nitrogens with zero attached hydrogens (tertiary/aromatic N) is 10. The first-order valence-electron chi connectivity index (χ1n) is 10.2. The van der Waals surface area contributed by atoms with Crippen molar-refractivity contribution in [2.24, 2.45) is 5.10 Å². The average molecular weight is 457 g/mol. The molecule has 2 aliphatic heterocycles. The van der Waals surface area contributed by atoms with Gasteiger partial charge in [0.2, 0.25) is 5.95 Å². The number of aryl methyl sites for hydroxylation is 2. The number of carbonyl (C=O) groups is 1. The molecule has 32 heavy (non-hydrogen) atoms. The van der Waals surface area contributed by atoms with Crippen molar-refractivity contribution in [3.05, 3.63) is 40.2 Å². The molecule has 13 heteroatoms. The molecule has 11 nitrogen and oxygen atoms in total. The van der Waals surface area contributed by atoms with E-state index in [1.165, 1.54) is 21.0 Å². The summed E-state index contributed by atoms with van der Waals surface area (Å²) in [6.45, 7) is 5.48. The number of halogens is 1. The second-order valence-electron chi connectivity index (χ2n) is 7.52. The van der Waals surface area contributed by atoms with E-state index in [0.717, 1.165) is 11.9 Å². The Kier molecular flexibility index (Phi) is 5.25. The Labute approximate surface area is 187 Å². The Balaban J connectivity index is 1.28. The SMILES string of the molecule is Cc1nc(C)n(-c2nc(N3CCN(C(=O)N4N=CCC4c4cscn4)CC3)ncc2F)n1. The molecule has 1 saturated heterocycles. The Morgan fingerprint density at radius 1 is 1.16 bits per heavy atom. The van der Waals surface area contributed by atoms with Crippen LogP contribution in [0.3, 0.4) is 0 Å². The van der Waals surface area contributed by atoms with Gasteiger partial charge in [-0.2, -0.15) is 14.8 Å². The Morgan fingerprint density at radius 2 is 1.97 bits per heavy atom. The lowest BCUT2D eigenvalue weighted by Crippen LogP contribution is -2.52. The molecule has 1 unspecified atom stereocenters. The topological polar surface area (TPSA) is 109 Å². The van der Waals surface area contributed by atoms with Crippen molar-refractivity contribution in [3.63, 3.8) is 0 Å². The highest BCUT2D eigenvalue weighted by Gasteiger charge is 2.34. The smallest absolute Gasteiger partial charge is 0.337 e. The number of aromatic nitrogens is 6. The molecule has 3 aromatic heterocycles. The van der Waals surface area contributed by atoms with Crippen molar-refractivity contribution < 1.29 is 9.18 Å². The molecule has 0 bridgehead atoms. The zero-order chi connectivity index (χ0) is 22.2.